The van der Waals surface area contributed by atoms with Crippen LogP contribution in [-0.4, -0.2) is 55.1 Å². The SMILES string of the molecule is CCN(CC)c1ccc2c(c1)OC(=O)N(c1ccc(Cl)c(Cl)c1)[P@@]2(=Nc1ccc([N+](=O)[O-])cc1Br)N1CCOCC1. The van der Waals surface area contributed by atoms with Crippen LogP contribution in [0, 0.1) is 10.1 Å². The van der Waals surface area contributed by atoms with Crippen LogP contribution in [-0.2, 0) is 4.74 Å². The van der Waals surface area contributed by atoms with Crippen LogP contribution in [0.25, 0.3) is 0 Å². The summed E-state index contributed by atoms with van der Waals surface area (Å²) < 4.78 is 21.2. The number of amides is 1. The predicted molar refractivity (Wildman–Crippen MR) is 167 cm³/mol. The zero-order valence-corrected chi connectivity index (χ0v) is 26.3. The maximum Gasteiger partial charge on any atom is 0.425 e. The third kappa shape index (κ3) is 5.59. The van der Waals surface area contributed by atoms with Gasteiger partial charge in [-0.05, 0) is 66.2 Å². The zero-order chi connectivity index (χ0) is 29.3. The fraction of sp³-hybridized carbons (Fsp3) is 0.296. The first kappa shape index (κ1) is 29.8. The molecule has 0 unspecified atom stereocenters. The number of rotatable bonds is 7. The Bertz CT molecular complexity index is 1570. The number of benzene rings is 3. The van der Waals surface area contributed by atoms with Crippen molar-refractivity contribution in [1.82, 2.24) is 4.67 Å². The van der Waals surface area contributed by atoms with Gasteiger partial charge in [0.2, 0.25) is 0 Å². The average Bonchev–Trinajstić information content (AvgIpc) is 2.96. The highest BCUT2D eigenvalue weighted by molar-refractivity contribution is 9.10. The number of nitrogens with zero attached hydrogens (tertiary/aromatic N) is 5. The second-order valence-electron chi connectivity index (χ2n) is 9.23. The summed E-state index contributed by atoms with van der Waals surface area (Å²) in [6.07, 6.45) is -0.616. The van der Waals surface area contributed by atoms with Crippen LogP contribution in [0.3, 0.4) is 0 Å². The van der Waals surface area contributed by atoms with Gasteiger partial charge in [0.25, 0.3) is 5.69 Å². The van der Waals surface area contributed by atoms with Crippen molar-refractivity contribution in [2.75, 3.05) is 49.0 Å². The molecular formula is C27H27BrCl2N5O5P. The summed E-state index contributed by atoms with van der Waals surface area (Å²) in [5, 5.41) is 12.8. The molecule has 0 saturated carbocycles. The minimum absolute atomic E-state index is 0.0803. The highest BCUT2D eigenvalue weighted by Gasteiger charge is 2.48. The first-order valence-electron chi connectivity index (χ1n) is 13.0. The van der Waals surface area contributed by atoms with Crippen LogP contribution in [0.5, 0.6) is 5.75 Å². The molecule has 0 N–H and O–H groups in total. The number of fused-ring (bicyclic) bond motifs is 1. The van der Waals surface area contributed by atoms with E-state index in [1.165, 1.54) is 12.1 Å². The van der Waals surface area contributed by atoms with E-state index in [9.17, 15) is 14.9 Å². The summed E-state index contributed by atoms with van der Waals surface area (Å²) in [4.78, 5) is 27.2. The Labute approximate surface area is 256 Å². The minimum atomic E-state index is -3.22. The van der Waals surface area contributed by atoms with Crippen molar-refractivity contribution in [3.8, 4) is 5.75 Å². The van der Waals surface area contributed by atoms with Gasteiger partial charge in [0.05, 0.1) is 49.3 Å². The van der Waals surface area contributed by atoms with Gasteiger partial charge in [0, 0.05) is 50.1 Å². The van der Waals surface area contributed by atoms with E-state index in [0.29, 0.717) is 52.9 Å². The lowest BCUT2D eigenvalue weighted by molar-refractivity contribution is -0.384. The quantitative estimate of drug-likeness (QED) is 0.142. The van der Waals surface area contributed by atoms with E-state index >= 15 is 0 Å². The van der Waals surface area contributed by atoms with Crippen molar-refractivity contribution < 1.29 is 19.2 Å². The number of halogens is 3. The fourth-order valence-electron chi connectivity index (χ4n) is 4.97. The summed E-state index contributed by atoms with van der Waals surface area (Å²) in [6.45, 7) is 7.55. The van der Waals surface area contributed by atoms with E-state index in [0.717, 1.165) is 24.1 Å². The molecule has 3 aromatic carbocycles. The number of nitro groups is 1. The van der Waals surface area contributed by atoms with Gasteiger partial charge in [-0.1, -0.05) is 23.2 Å². The number of carbonyl (C=O) groups is 1. The molecule has 2 heterocycles. The average molecular weight is 683 g/mol. The summed E-state index contributed by atoms with van der Waals surface area (Å²) >= 11 is 16.2. The summed E-state index contributed by atoms with van der Waals surface area (Å²) in [6, 6.07) is 15.2. The van der Waals surface area contributed by atoms with Gasteiger partial charge >= 0.3 is 6.09 Å². The van der Waals surface area contributed by atoms with E-state index in [1.807, 2.05) is 18.2 Å². The number of anilines is 2. The first-order valence-corrected chi connectivity index (χ1v) is 16.2. The third-order valence-corrected chi connectivity index (χ3v) is 12.0. The van der Waals surface area contributed by atoms with Gasteiger partial charge in [-0.15, -0.1) is 0 Å². The maximum atomic E-state index is 14.1. The molecule has 14 heteroatoms. The number of nitro benzene ring substituents is 1. The van der Waals surface area contributed by atoms with Crippen LogP contribution in [0.15, 0.2) is 63.8 Å². The normalized spacial score (nSPS) is 19.0. The summed E-state index contributed by atoms with van der Waals surface area (Å²) in [5.41, 5.74) is 1.75. The Morgan fingerprint density at radius 3 is 2.41 bits per heavy atom. The molecule has 2 aliphatic heterocycles. The Morgan fingerprint density at radius 1 is 1.05 bits per heavy atom. The molecule has 1 saturated heterocycles. The molecule has 41 heavy (non-hydrogen) atoms. The van der Waals surface area contributed by atoms with E-state index < -0.39 is 18.4 Å². The number of non-ortho nitro benzene ring substituents is 1. The number of hydrogen-bond donors (Lipinski definition) is 0. The molecule has 1 amide bonds. The van der Waals surface area contributed by atoms with Gasteiger partial charge in [-0.2, -0.15) is 0 Å². The van der Waals surface area contributed by atoms with Crippen LogP contribution in [0.4, 0.5) is 27.5 Å². The highest BCUT2D eigenvalue weighted by atomic mass is 79.9. The third-order valence-electron chi connectivity index (χ3n) is 6.96. The van der Waals surface area contributed by atoms with Crippen LogP contribution < -0.4 is 19.6 Å². The first-order chi connectivity index (χ1) is 19.7. The van der Waals surface area contributed by atoms with E-state index in [4.69, 9.17) is 37.4 Å². The van der Waals surface area contributed by atoms with Crippen LogP contribution in [0.1, 0.15) is 13.8 Å². The maximum absolute atomic E-state index is 14.1. The lowest BCUT2D eigenvalue weighted by atomic mass is 10.2. The molecule has 0 radical (unpaired) electrons. The predicted octanol–water partition coefficient (Wildman–Crippen LogP) is 7.85. The monoisotopic (exact) mass is 681 g/mol. The van der Waals surface area contributed by atoms with Crippen molar-refractivity contribution in [1.29, 1.82) is 0 Å². The van der Waals surface area contributed by atoms with Crippen molar-refractivity contribution in [3.63, 3.8) is 0 Å². The largest absolute Gasteiger partial charge is 0.425 e. The molecule has 1 fully saturated rings. The lowest BCUT2D eigenvalue weighted by Crippen LogP contribution is -2.49. The van der Waals surface area contributed by atoms with E-state index in [1.54, 1.807) is 28.9 Å². The molecule has 0 aliphatic carbocycles. The summed E-state index contributed by atoms with van der Waals surface area (Å²) in [7, 11) is -3.22. The number of hydrogen-bond acceptors (Lipinski definition) is 7. The number of ether oxygens (including phenoxy) is 2. The molecular weight excluding hydrogens is 656 g/mol. The molecule has 5 rings (SSSR count). The highest BCUT2D eigenvalue weighted by Crippen LogP contribution is 2.63. The van der Waals surface area contributed by atoms with E-state index in [2.05, 4.69) is 39.3 Å². The zero-order valence-electron chi connectivity index (χ0n) is 22.3. The Kier molecular flexibility index (Phi) is 8.94. The molecule has 3 aromatic rings. The number of carbonyl (C=O) groups excluding carboxylic acids is 1. The fourth-order valence-corrected chi connectivity index (χ4v) is 9.55. The molecule has 0 aromatic heterocycles. The Hall–Kier alpha value is -2.66. The molecule has 216 valence electrons. The summed E-state index contributed by atoms with van der Waals surface area (Å²) in [5.74, 6) is 0.414. The topological polar surface area (TPSA) is 101 Å². The van der Waals surface area contributed by atoms with E-state index in [-0.39, 0.29) is 10.7 Å². The van der Waals surface area contributed by atoms with Gasteiger partial charge in [0.15, 0.2) is 7.36 Å². The van der Waals surface area contributed by atoms with Crippen molar-refractivity contribution in [2.24, 2.45) is 4.74 Å². The number of morpholine rings is 1. The Morgan fingerprint density at radius 2 is 1.78 bits per heavy atom. The van der Waals surface area contributed by atoms with Gasteiger partial charge in [-0.25, -0.2) is 18.9 Å². The van der Waals surface area contributed by atoms with Gasteiger partial charge in [0.1, 0.15) is 5.75 Å². The standard InChI is InChI=1S/C27H27BrCl2N5O5P/c1-3-32(4-2)18-7-10-26-25(17-18)40-27(36)34(19-5-8-22(29)23(30)16-19)41(26,33-11-13-39-14-12-33)31-24-9-6-20(35(37)38)15-21(24)28/h5-10,15-17H,3-4,11-14H2,1-2H3/t41-/m0/s1. The van der Waals surface area contributed by atoms with Gasteiger partial charge < -0.3 is 14.4 Å². The second-order valence-corrected chi connectivity index (χ2v) is 13.7. The van der Waals surface area contributed by atoms with Crippen LogP contribution >= 0.6 is 46.5 Å². The molecule has 0 spiro atoms. The molecule has 1 atom stereocenters. The smallest absolute Gasteiger partial charge is 0.409 e. The van der Waals surface area contributed by atoms with Gasteiger partial charge in [-0.3, -0.25) is 10.1 Å². The molecule has 10 nitrogen and oxygen atoms in total. The lowest BCUT2D eigenvalue weighted by Gasteiger charge is -2.47. The van der Waals surface area contributed by atoms with Crippen LogP contribution in [0.2, 0.25) is 10.0 Å². The minimum Gasteiger partial charge on any atom is -0.409 e. The van der Waals surface area contributed by atoms with Crippen molar-refractivity contribution in [3.05, 3.63) is 79.2 Å². The van der Waals surface area contributed by atoms with Crippen molar-refractivity contribution in [2.45, 2.75) is 13.8 Å². The molecule has 0 bridgehead atoms. The molecule has 2 aliphatic rings. The van der Waals surface area contributed by atoms with Crippen molar-refractivity contribution >= 4 is 80.6 Å². The Balaban J connectivity index is 1.86. The second kappa shape index (κ2) is 12.3.